The lowest BCUT2D eigenvalue weighted by molar-refractivity contribution is 0.340. The highest BCUT2D eigenvalue weighted by molar-refractivity contribution is 6.17. The van der Waals surface area contributed by atoms with Crippen molar-refractivity contribution >= 4 is 22.5 Å². The molecule has 0 saturated carbocycles. The molecule has 20 heavy (non-hydrogen) atoms. The van der Waals surface area contributed by atoms with Crippen LogP contribution >= 0.6 is 11.6 Å². The summed E-state index contributed by atoms with van der Waals surface area (Å²) in [6.45, 7) is 7.46. The summed E-state index contributed by atoms with van der Waals surface area (Å²) in [6.07, 6.45) is 0. The fourth-order valence-electron chi connectivity index (χ4n) is 2.32. The quantitative estimate of drug-likeness (QED) is 0.785. The number of hydrogen-bond donors (Lipinski definition) is 0. The molecule has 0 aliphatic carbocycles. The van der Waals surface area contributed by atoms with Crippen molar-refractivity contribution in [3.8, 4) is 5.75 Å². The molecular formula is C16H20ClNO2. The highest BCUT2D eigenvalue weighted by atomic mass is 35.5. The summed E-state index contributed by atoms with van der Waals surface area (Å²) in [6, 6.07) is 7.68. The average Bonchev–Trinajstić information content (AvgIpc) is 2.41. The Morgan fingerprint density at radius 2 is 2.05 bits per heavy atom. The smallest absolute Gasteiger partial charge is 0.255 e. The number of ether oxygens (including phenoxy) is 1. The maximum atomic E-state index is 12.4. The second-order valence-electron chi connectivity index (χ2n) is 5.27. The van der Waals surface area contributed by atoms with Gasteiger partial charge in [0.05, 0.1) is 18.0 Å². The van der Waals surface area contributed by atoms with Gasteiger partial charge >= 0.3 is 0 Å². The van der Waals surface area contributed by atoms with E-state index in [0.29, 0.717) is 24.6 Å². The number of fused-ring (bicyclic) bond motifs is 1. The fourth-order valence-corrected chi connectivity index (χ4v) is 2.52. The van der Waals surface area contributed by atoms with Gasteiger partial charge < -0.3 is 9.30 Å². The van der Waals surface area contributed by atoms with Gasteiger partial charge in [0, 0.05) is 17.5 Å². The molecule has 1 aromatic heterocycles. The van der Waals surface area contributed by atoms with Crippen LogP contribution in [0.15, 0.2) is 29.1 Å². The number of pyridine rings is 1. The lowest BCUT2D eigenvalue weighted by atomic mass is 10.1. The van der Waals surface area contributed by atoms with E-state index < -0.39 is 0 Å². The van der Waals surface area contributed by atoms with Gasteiger partial charge in [0.15, 0.2) is 0 Å². The van der Waals surface area contributed by atoms with Crippen LogP contribution in [0.25, 0.3) is 10.9 Å². The van der Waals surface area contributed by atoms with Crippen LogP contribution in [0.3, 0.4) is 0 Å². The Bertz CT molecular complexity index is 661. The first-order valence-electron chi connectivity index (χ1n) is 6.92. The standard InChI is InChI=1S/C16H20ClNO2/c1-4-20-14-5-6-15-12(8-14)7-13(9-17)16(19)18(15)10-11(2)3/h5-8,11H,4,9-10H2,1-3H3. The zero-order chi connectivity index (χ0) is 14.7. The Kier molecular flexibility index (Phi) is 4.71. The Labute approximate surface area is 124 Å². The maximum absolute atomic E-state index is 12.4. The number of nitrogens with zero attached hydrogens (tertiary/aromatic N) is 1. The van der Waals surface area contributed by atoms with Crippen LogP contribution in [0, 0.1) is 5.92 Å². The highest BCUT2D eigenvalue weighted by Gasteiger charge is 2.10. The first-order valence-corrected chi connectivity index (χ1v) is 7.45. The number of aromatic nitrogens is 1. The summed E-state index contributed by atoms with van der Waals surface area (Å²) in [4.78, 5) is 12.4. The van der Waals surface area contributed by atoms with Gasteiger partial charge in [0.25, 0.3) is 5.56 Å². The van der Waals surface area contributed by atoms with E-state index in [2.05, 4.69) is 13.8 Å². The van der Waals surface area contributed by atoms with Crippen LogP contribution in [0.5, 0.6) is 5.75 Å². The molecule has 1 heterocycles. The first kappa shape index (κ1) is 14.9. The molecule has 0 amide bonds. The predicted octanol–water partition coefficient (Wildman–Crippen LogP) is 3.80. The largest absolute Gasteiger partial charge is 0.494 e. The molecule has 0 spiro atoms. The monoisotopic (exact) mass is 293 g/mol. The molecule has 2 aromatic rings. The molecule has 0 fully saturated rings. The molecule has 108 valence electrons. The minimum absolute atomic E-state index is 0.00496. The molecular weight excluding hydrogens is 274 g/mol. The van der Waals surface area contributed by atoms with E-state index in [0.717, 1.165) is 16.7 Å². The van der Waals surface area contributed by atoms with Crippen molar-refractivity contribution in [2.75, 3.05) is 6.61 Å². The molecule has 0 unspecified atom stereocenters. The Hall–Kier alpha value is -1.48. The van der Waals surface area contributed by atoms with Crippen molar-refractivity contribution in [3.05, 3.63) is 40.2 Å². The lowest BCUT2D eigenvalue weighted by Gasteiger charge is -2.15. The lowest BCUT2D eigenvalue weighted by Crippen LogP contribution is -2.25. The number of hydrogen-bond acceptors (Lipinski definition) is 2. The Morgan fingerprint density at radius 3 is 2.65 bits per heavy atom. The summed E-state index contributed by atoms with van der Waals surface area (Å²) in [5.41, 5.74) is 1.57. The van der Waals surface area contributed by atoms with Crippen molar-refractivity contribution in [1.29, 1.82) is 0 Å². The first-order chi connectivity index (χ1) is 9.56. The molecule has 0 atom stereocenters. The average molecular weight is 294 g/mol. The Balaban J connectivity index is 2.67. The third-order valence-corrected chi connectivity index (χ3v) is 3.43. The SMILES string of the molecule is CCOc1ccc2c(c1)cc(CCl)c(=O)n2CC(C)C. The van der Waals surface area contributed by atoms with E-state index in [-0.39, 0.29) is 11.4 Å². The molecule has 0 aliphatic rings. The van der Waals surface area contributed by atoms with E-state index in [9.17, 15) is 4.79 Å². The van der Waals surface area contributed by atoms with Crippen LogP contribution in [-0.2, 0) is 12.4 Å². The number of halogens is 1. The second-order valence-corrected chi connectivity index (χ2v) is 5.53. The number of alkyl halides is 1. The van der Waals surface area contributed by atoms with Crippen LogP contribution in [-0.4, -0.2) is 11.2 Å². The molecule has 0 aliphatic heterocycles. The number of benzene rings is 1. The normalized spacial score (nSPS) is 11.2. The van der Waals surface area contributed by atoms with E-state index in [1.165, 1.54) is 0 Å². The summed E-state index contributed by atoms with van der Waals surface area (Å²) >= 11 is 5.90. The van der Waals surface area contributed by atoms with Gasteiger partial charge in [0.2, 0.25) is 0 Å². The summed E-state index contributed by atoms with van der Waals surface area (Å²) < 4.78 is 7.33. The van der Waals surface area contributed by atoms with Crippen LogP contribution in [0.2, 0.25) is 0 Å². The molecule has 2 rings (SSSR count). The minimum atomic E-state index is 0.00496. The van der Waals surface area contributed by atoms with Crippen molar-refractivity contribution in [2.45, 2.75) is 33.2 Å². The molecule has 0 saturated heterocycles. The van der Waals surface area contributed by atoms with Crippen molar-refractivity contribution in [2.24, 2.45) is 5.92 Å². The molecule has 1 aromatic carbocycles. The molecule has 4 heteroatoms. The summed E-state index contributed by atoms with van der Waals surface area (Å²) in [5, 5.41) is 0.992. The molecule has 0 radical (unpaired) electrons. The molecule has 0 N–H and O–H groups in total. The third kappa shape index (κ3) is 2.98. The van der Waals surface area contributed by atoms with Gasteiger partial charge in [-0.3, -0.25) is 4.79 Å². The summed E-state index contributed by atoms with van der Waals surface area (Å²) in [5.74, 6) is 1.44. The van der Waals surface area contributed by atoms with Crippen LogP contribution in [0.1, 0.15) is 26.3 Å². The zero-order valence-corrected chi connectivity index (χ0v) is 12.9. The van der Waals surface area contributed by atoms with Crippen molar-refractivity contribution in [1.82, 2.24) is 4.57 Å². The second kappa shape index (κ2) is 6.31. The van der Waals surface area contributed by atoms with Gasteiger partial charge in [-0.2, -0.15) is 0 Å². The van der Waals surface area contributed by atoms with E-state index in [1.807, 2.05) is 35.8 Å². The number of rotatable bonds is 5. The van der Waals surface area contributed by atoms with Crippen LogP contribution < -0.4 is 10.3 Å². The van der Waals surface area contributed by atoms with E-state index in [4.69, 9.17) is 16.3 Å². The van der Waals surface area contributed by atoms with Crippen molar-refractivity contribution < 1.29 is 4.74 Å². The van der Waals surface area contributed by atoms with Crippen LogP contribution in [0.4, 0.5) is 0 Å². The van der Waals surface area contributed by atoms with Gasteiger partial charge in [-0.05, 0) is 37.1 Å². The predicted molar refractivity (Wildman–Crippen MR) is 83.8 cm³/mol. The topological polar surface area (TPSA) is 31.2 Å². The van der Waals surface area contributed by atoms with Gasteiger partial charge in [-0.15, -0.1) is 11.6 Å². The highest BCUT2D eigenvalue weighted by Crippen LogP contribution is 2.22. The van der Waals surface area contributed by atoms with Gasteiger partial charge in [-0.1, -0.05) is 13.8 Å². The maximum Gasteiger partial charge on any atom is 0.255 e. The third-order valence-electron chi connectivity index (χ3n) is 3.14. The van der Waals surface area contributed by atoms with E-state index >= 15 is 0 Å². The zero-order valence-electron chi connectivity index (χ0n) is 12.1. The van der Waals surface area contributed by atoms with Gasteiger partial charge in [0.1, 0.15) is 5.75 Å². The van der Waals surface area contributed by atoms with E-state index in [1.54, 1.807) is 0 Å². The van der Waals surface area contributed by atoms with Crippen molar-refractivity contribution in [3.63, 3.8) is 0 Å². The molecule has 3 nitrogen and oxygen atoms in total. The fraction of sp³-hybridized carbons (Fsp3) is 0.438. The molecule has 0 bridgehead atoms. The summed E-state index contributed by atoms with van der Waals surface area (Å²) in [7, 11) is 0. The Morgan fingerprint density at radius 1 is 1.30 bits per heavy atom. The minimum Gasteiger partial charge on any atom is -0.494 e. The van der Waals surface area contributed by atoms with Gasteiger partial charge in [-0.25, -0.2) is 0 Å².